The van der Waals surface area contributed by atoms with E-state index >= 15 is 0 Å². The van der Waals surface area contributed by atoms with E-state index in [1.54, 1.807) is 19.0 Å². The smallest absolute Gasteiger partial charge is 0.263 e. The first-order valence-corrected chi connectivity index (χ1v) is 13.0. The van der Waals surface area contributed by atoms with Gasteiger partial charge in [0.1, 0.15) is 5.75 Å². The molecule has 5 rings (SSSR count). The van der Waals surface area contributed by atoms with E-state index in [1.165, 1.54) is 40.5 Å². The summed E-state index contributed by atoms with van der Waals surface area (Å²) < 4.78 is 7.25. The van der Waals surface area contributed by atoms with E-state index in [0.717, 1.165) is 46.8 Å². The molecule has 1 aliphatic heterocycles. The number of nitrogens with zero attached hydrogens (tertiary/aromatic N) is 2. The number of amides is 1. The number of thiophene rings is 1. The number of fused-ring (bicyclic) bond motifs is 2. The van der Waals surface area contributed by atoms with Crippen LogP contribution in [0.4, 0.5) is 0 Å². The average molecular weight is 473 g/mol. The van der Waals surface area contributed by atoms with Crippen LogP contribution >= 0.6 is 11.3 Å². The number of hydrogen-bond donors (Lipinski definition) is 0. The largest absolute Gasteiger partial charge is 0.493 e. The molecule has 0 spiro atoms. The minimum absolute atomic E-state index is 0.0408. The Hall–Kier alpha value is -2.89. The molecule has 1 fully saturated rings. The molecule has 1 aromatic heterocycles. The number of benzene rings is 3. The third-order valence-corrected chi connectivity index (χ3v) is 7.95. The Morgan fingerprint density at radius 1 is 1.00 bits per heavy atom. The van der Waals surface area contributed by atoms with Gasteiger partial charge in [-0.1, -0.05) is 48.5 Å². The molecule has 4 nitrogen and oxygen atoms in total. The fraction of sp³-hybridized carbons (Fsp3) is 0.345. The van der Waals surface area contributed by atoms with Crippen molar-refractivity contribution in [1.82, 2.24) is 9.80 Å². The summed E-state index contributed by atoms with van der Waals surface area (Å²) in [7, 11) is 3.57. The minimum Gasteiger partial charge on any atom is -0.493 e. The zero-order chi connectivity index (χ0) is 23.5. The van der Waals surface area contributed by atoms with Crippen LogP contribution in [0, 0.1) is 0 Å². The fourth-order valence-electron chi connectivity index (χ4n) is 5.03. The predicted octanol–water partition coefficient (Wildman–Crippen LogP) is 6.40. The summed E-state index contributed by atoms with van der Waals surface area (Å²) in [5, 5.41) is 3.79. The lowest BCUT2D eigenvalue weighted by atomic mass is 9.86. The highest BCUT2D eigenvalue weighted by Crippen LogP contribution is 2.34. The van der Waals surface area contributed by atoms with Gasteiger partial charge in [-0.2, -0.15) is 0 Å². The van der Waals surface area contributed by atoms with Gasteiger partial charge in [-0.3, -0.25) is 4.79 Å². The van der Waals surface area contributed by atoms with Crippen molar-refractivity contribution in [3.05, 3.63) is 77.2 Å². The molecule has 0 radical (unpaired) electrons. The highest BCUT2D eigenvalue weighted by molar-refractivity contribution is 7.20. The molecule has 4 aromatic rings. The van der Waals surface area contributed by atoms with Gasteiger partial charge in [0.2, 0.25) is 0 Å². The van der Waals surface area contributed by atoms with Gasteiger partial charge in [-0.25, -0.2) is 0 Å². The standard InChI is InChI=1S/C29H32N2O2S/c1-30(2)29(32)28-20-25-26(12-6-13-27(25)34-28)33-19-7-16-31-17-14-22(15-18-31)24-11-5-9-21-8-3-4-10-23(21)24/h3-6,8-13,20,22H,7,14-19H2,1-2H3. The molecule has 1 amide bonds. The van der Waals surface area contributed by atoms with Gasteiger partial charge in [0.25, 0.3) is 5.91 Å². The Morgan fingerprint density at radius 2 is 1.76 bits per heavy atom. The van der Waals surface area contributed by atoms with Crippen LogP contribution in [-0.4, -0.2) is 56.0 Å². The number of piperidine rings is 1. The third kappa shape index (κ3) is 4.82. The Morgan fingerprint density at radius 3 is 2.59 bits per heavy atom. The molecule has 5 heteroatoms. The molecule has 176 valence electrons. The highest BCUT2D eigenvalue weighted by Gasteiger charge is 2.21. The zero-order valence-corrected chi connectivity index (χ0v) is 20.8. The molecule has 1 saturated heterocycles. The van der Waals surface area contributed by atoms with Gasteiger partial charge < -0.3 is 14.5 Å². The fourth-order valence-corrected chi connectivity index (χ4v) is 6.13. The number of likely N-dealkylation sites (tertiary alicyclic amines) is 1. The van der Waals surface area contributed by atoms with Gasteiger partial charge >= 0.3 is 0 Å². The molecule has 2 heterocycles. The molecular weight excluding hydrogens is 440 g/mol. The topological polar surface area (TPSA) is 32.8 Å². The highest BCUT2D eigenvalue weighted by atomic mass is 32.1. The zero-order valence-electron chi connectivity index (χ0n) is 20.0. The first-order chi connectivity index (χ1) is 16.6. The maximum absolute atomic E-state index is 12.3. The Bertz CT molecular complexity index is 1280. The van der Waals surface area contributed by atoms with Crippen LogP contribution in [0.25, 0.3) is 20.9 Å². The third-order valence-electron chi connectivity index (χ3n) is 6.87. The van der Waals surface area contributed by atoms with Gasteiger partial charge in [0.05, 0.1) is 11.5 Å². The Kier molecular flexibility index (Phi) is 6.84. The number of ether oxygens (including phenoxy) is 1. The SMILES string of the molecule is CN(C)C(=O)c1cc2c(OCCCN3CCC(c4cccc5ccccc45)CC3)cccc2s1. The Balaban J connectivity index is 1.13. The normalized spacial score (nSPS) is 15.1. The van der Waals surface area contributed by atoms with Crippen molar-refractivity contribution >= 4 is 38.1 Å². The lowest BCUT2D eigenvalue weighted by Gasteiger charge is -2.32. The van der Waals surface area contributed by atoms with E-state index in [9.17, 15) is 4.79 Å². The molecule has 34 heavy (non-hydrogen) atoms. The molecular formula is C29H32N2O2S. The summed E-state index contributed by atoms with van der Waals surface area (Å²) in [6.07, 6.45) is 3.43. The minimum atomic E-state index is 0.0408. The lowest BCUT2D eigenvalue weighted by Crippen LogP contribution is -2.34. The maximum Gasteiger partial charge on any atom is 0.263 e. The van der Waals surface area contributed by atoms with E-state index in [1.807, 2.05) is 18.2 Å². The van der Waals surface area contributed by atoms with Crippen molar-refractivity contribution in [2.75, 3.05) is 40.3 Å². The van der Waals surface area contributed by atoms with Crippen LogP contribution in [0.2, 0.25) is 0 Å². The molecule has 3 aromatic carbocycles. The monoisotopic (exact) mass is 472 g/mol. The van der Waals surface area contributed by atoms with Crippen LogP contribution < -0.4 is 4.74 Å². The van der Waals surface area contributed by atoms with Crippen molar-refractivity contribution < 1.29 is 9.53 Å². The van der Waals surface area contributed by atoms with Crippen molar-refractivity contribution in [3.63, 3.8) is 0 Å². The van der Waals surface area contributed by atoms with Crippen molar-refractivity contribution in [1.29, 1.82) is 0 Å². The first kappa shape index (κ1) is 22.9. The van der Waals surface area contributed by atoms with E-state index in [0.29, 0.717) is 12.5 Å². The quantitative estimate of drug-likeness (QED) is 0.292. The molecule has 1 aliphatic rings. The second kappa shape index (κ2) is 10.2. The number of carbonyl (C=O) groups excluding carboxylic acids is 1. The van der Waals surface area contributed by atoms with Gasteiger partial charge in [0.15, 0.2) is 0 Å². The van der Waals surface area contributed by atoms with E-state index in [2.05, 4.69) is 53.4 Å². The molecule has 0 saturated carbocycles. The number of hydrogen-bond acceptors (Lipinski definition) is 4. The molecule has 0 atom stereocenters. The summed E-state index contributed by atoms with van der Waals surface area (Å²) in [5.41, 5.74) is 1.51. The number of carbonyl (C=O) groups is 1. The van der Waals surface area contributed by atoms with Crippen molar-refractivity contribution in [2.45, 2.75) is 25.2 Å². The number of rotatable bonds is 7. The van der Waals surface area contributed by atoms with Crippen molar-refractivity contribution in [2.24, 2.45) is 0 Å². The molecule has 0 bridgehead atoms. The molecule has 0 aliphatic carbocycles. The van der Waals surface area contributed by atoms with E-state index in [-0.39, 0.29) is 5.91 Å². The van der Waals surface area contributed by atoms with E-state index < -0.39 is 0 Å². The van der Waals surface area contributed by atoms with Gasteiger partial charge in [-0.15, -0.1) is 11.3 Å². The van der Waals surface area contributed by atoms with Crippen LogP contribution in [0.5, 0.6) is 5.75 Å². The summed E-state index contributed by atoms with van der Waals surface area (Å²) in [6.45, 7) is 4.04. The van der Waals surface area contributed by atoms with Crippen LogP contribution in [0.3, 0.4) is 0 Å². The lowest BCUT2D eigenvalue weighted by molar-refractivity contribution is 0.0832. The van der Waals surface area contributed by atoms with Crippen LogP contribution in [0.1, 0.15) is 40.4 Å². The summed E-state index contributed by atoms with van der Waals surface area (Å²) >= 11 is 1.53. The second-order valence-electron chi connectivity index (χ2n) is 9.36. The predicted molar refractivity (Wildman–Crippen MR) is 142 cm³/mol. The summed E-state index contributed by atoms with van der Waals surface area (Å²) in [4.78, 5) is 17.3. The Labute approximate surface area is 205 Å². The van der Waals surface area contributed by atoms with Gasteiger partial charge in [0, 0.05) is 30.7 Å². The van der Waals surface area contributed by atoms with Crippen LogP contribution in [0.15, 0.2) is 66.7 Å². The first-order valence-electron chi connectivity index (χ1n) is 12.2. The van der Waals surface area contributed by atoms with Gasteiger partial charge in [-0.05, 0) is 72.8 Å². The molecule has 0 unspecified atom stereocenters. The van der Waals surface area contributed by atoms with E-state index in [4.69, 9.17) is 4.74 Å². The van der Waals surface area contributed by atoms with Crippen LogP contribution in [-0.2, 0) is 0 Å². The molecule has 0 N–H and O–H groups in total. The summed E-state index contributed by atoms with van der Waals surface area (Å²) in [5.74, 6) is 1.56. The summed E-state index contributed by atoms with van der Waals surface area (Å²) in [6, 6.07) is 23.5. The van der Waals surface area contributed by atoms with Crippen molar-refractivity contribution in [3.8, 4) is 5.75 Å². The second-order valence-corrected chi connectivity index (χ2v) is 10.4. The maximum atomic E-state index is 12.3. The average Bonchev–Trinajstić information content (AvgIpc) is 3.31.